The van der Waals surface area contributed by atoms with Gasteiger partial charge in [0.1, 0.15) is 12.4 Å². The first kappa shape index (κ1) is 22.3. The Hall–Kier alpha value is -2.39. The number of carbonyl (C=O) groups excluding carboxylic acids is 1. The van der Waals surface area contributed by atoms with Crippen LogP contribution < -0.4 is 11.2 Å². The number of aromatic amines is 1. The molecule has 0 saturated carbocycles. The van der Waals surface area contributed by atoms with E-state index in [1.54, 1.807) is 22.8 Å². The van der Waals surface area contributed by atoms with E-state index >= 15 is 0 Å². The Morgan fingerprint density at radius 2 is 1.97 bits per heavy atom. The number of aryl methyl sites for hydroxylation is 2. The maximum absolute atomic E-state index is 12.5. The molecule has 0 radical (unpaired) electrons. The van der Waals surface area contributed by atoms with E-state index in [0.29, 0.717) is 34.6 Å². The van der Waals surface area contributed by atoms with Crippen LogP contribution in [0.2, 0.25) is 5.02 Å². The summed E-state index contributed by atoms with van der Waals surface area (Å²) in [6, 6.07) is 4.90. The van der Waals surface area contributed by atoms with Crippen molar-refractivity contribution in [2.45, 2.75) is 52.8 Å². The van der Waals surface area contributed by atoms with E-state index in [9.17, 15) is 14.4 Å². The zero-order valence-electron chi connectivity index (χ0n) is 16.7. The number of hydrogen-bond donors (Lipinski definition) is 1. The van der Waals surface area contributed by atoms with Gasteiger partial charge in [-0.05, 0) is 31.0 Å². The lowest BCUT2D eigenvalue weighted by molar-refractivity contribution is 0.0458. The van der Waals surface area contributed by atoms with Crippen LogP contribution in [0, 0.1) is 0 Å². The number of fused-ring (bicyclic) bond motifs is 1. The van der Waals surface area contributed by atoms with Gasteiger partial charge in [0.05, 0.1) is 10.6 Å². The summed E-state index contributed by atoms with van der Waals surface area (Å²) in [7, 11) is 0. The van der Waals surface area contributed by atoms with Crippen LogP contribution in [0.15, 0.2) is 32.3 Å². The van der Waals surface area contributed by atoms with Gasteiger partial charge in [0.2, 0.25) is 0 Å². The minimum atomic E-state index is -0.603. The number of ether oxygens (including phenoxy) is 1. The van der Waals surface area contributed by atoms with E-state index in [4.69, 9.17) is 16.3 Å². The molecule has 0 spiro atoms. The molecule has 2 heterocycles. The van der Waals surface area contributed by atoms with Crippen molar-refractivity contribution in [3.8, 4) is 0 Å². The van der Waals surface area contributed by atoms with Crippen LogP contribution in [0.25, 0.3) is 11.2 Å². The summed E-state index contributed by atoms with van der Waals surface area (Å²) >= 11 is 9.41. The molecule has 0 amide bonds. The molecule has 10 heteroatoms. The first-order valence-electron chi connectivity index (χ1n) is 9.71. The van der Waals surface area contributed by atoms with Crippen LogP contribution >= 0.6 is 27.5 Å². The summed E-state index contributed by atoms with van der Waals surface area (Å²) in [6.45, 7) is 4.76. The number of rotatable bonds is 8. The minimum Gasteiger partial charge on any atom is -0.454 e. The number of nitrogens with zero attached hydrogens (tertiary/aromatic N) is 3. The van der Waals surface area contributed by atoms with Gasteiger partial charge in [0.25, 0.3) is 5.56 Å². The molecule has 0 saturated heterocycles. The van der Waals surface area contributed by atoms with Crippen LogP contribution in [0.4, 0.5) is 0 Å². The lowest BCUT2D eigenvalue weighted by atomic mass is 10.2. The highest BCUT2D eigenvalue weighted by molar-refractivity contribution is 9.10. The Morgan fingerprint density at radius 1 is 1.20 bits per heavy atom. The average molecular weight is 498 g/mol. The summed E-state index contributed by atoms with van der Waals surface area (Å²) in [6.07, 6.45) is 2.39. The second-order valence-electron chi connectivity index (χ2n) is 6.82. The fourth-order valence-electron chi connectivity index (χ4n) is 3.18. The zero-order chi connectivity index (χ0) is 21.8. The number of benzene rings is 1. The van der Waals surface area contributed by atoms with Crippen molar-refractivity contribution in [2.24, 2.45) is 0 Å². The third kappa shape index (κ3) is 4.52. The zero-order valence-corrected chi connectivity index (χ0v) is 19.0. The van der Waals surface area contributed by atoms with E-state index in [1.165, 1.54) is 4.57 Å². The van der Waals surface area contributed by atoms with Gasteiger partial charge >= 0.3 is 11.7 Å². The van der Waals surface area contributed by atoms with Gasteiger partial charge in [0.15, 0.2) is 11.2 Å². The second-order valence-corrected chi connectivity index (χ2v) is 8.14. The number of halogens is 2. The molecular weight excluding hydrogens is 476 g/mol. The quantitative estimate of drug-likeness (QED) is 0.476. The van der Waals surface area contributed by atoms with Crippen LogP contribution in [0.3, 0.4) is 0 Å². The van der Waals surface area contributed by atoms with Crippen LogP contribution in [0.1, 0.15) is 49.3 Å². The first-order chi connectivity index (χ1) is 14.4. The van der Waals surface area contributed by atoms with Gasteiger partial charge in [0, 0.05) is 17.6 Å². The molecule has 3 aromatic rings. The number of carbonyl (C=O) groups is 1. The third-order valence-corrected chi connectivity index (χ3v) is 5.45. The molecule has 0 atom stereocenters. The number of unbranched alkanes of at least 4 members (excludes halogenated alkanes) is 1. The molecule has 0 unspecified atom stereocenters. The van der Waals surface area contributed by atoms with Gasteiger partial charge in [-0.2, -0.15) is 0 Å². The summed E-state index contributed by atoms with van der Waals surface area (Å²) in [5, 5.41) is 0.273. The molecule has 1 aromatic carbocycles. The number of nitrogens with one attached hydrogen (secondary N) is 1. The molecule has 0 fully saturated rings. The summed E-state index contributed by atoms with van der Waals surface area (Å²) < 4.78 is 9.29. The highest BCUT2D eigenvalue weighted by atomic mass is 79.9. The number of hydrogen-bond acceptors (Lipinski definition) is 5. The molecule has 0 bridgehead atoms. The Morgan fingerprint density at radius 3 is 2.67 bits per heavy atom. The van der Waals surface area contributed by atoms with E-state index in [0.717, 1.165) is 19.3 Å². The van der Waals surface area contributed by atoms with Gasteiger partial charge in [-0.1, -0.05) is 47.8 Å². The molecule has 30 heavy (non-hydrogen) atoms. The van der Waals surface area contributed by atoms with Crippen LogP contribution in [0.5, 0.6) is 0 Å². The largest absolute Gasteiger partial charge is 0.454 e. The SMILES string of the molecule is CCCCn1c(=O)[nH]c(=O)c2c1nc(COC(=O)c1cc(Br)ccc1Cl)n2CCC. The van der Waals surface area contributed by atoms with Crippen molar-refractivity contribution in [3.05, 3.63) is 59.9 Å². The molecule has 0 aliphatic heterocycles. The minimum absolute atomic E-state index is 0.155. The predicted octanol–water partition coefficient (Wildman–Crippen LogP) is 3.87. The van der Waals surface area contributed by atoms with E-state index in [2.05, 4.69) is 25.9 Å². The van der Waals surface area contributed by atoms with Gasteiger partial charge in [-0.3, -0.25) is 14.3 Å². The van der Waals surface area contributed by atoms with Gasteiger partial charge in [-0.25, -0.2) is 14.6 Å². The summed E-state index contributed by atoms with van der Waals surface area (Å²) in [5.41, 5.74) is -0.166. The topological polar surface area (TPSA) is 99.0 Å². The van der Waals surface area contributed by atoms with Crippen molar-refractivity contribution in [1.82, 2.24) is 19.1 Å². The van der Waals surface area contributed by atoms with Gasteiger partial charge in [-0.15, -0.1) is 0 Å². The fourth-order valence-corrected chi connectivity index (χ4v) is 3.73. The molecule has 160 valence electrons. The highest BCUT2D eigenvalue weighted by Gasteiger charge is 2.20. The number of H-pyrrole nitrogens is 1. The summed E-state index contributed by atoms with van der Waals surface area (Å²) in [4.78, 5) is 44.2. The van der Waals surface area contributed by atoms with Crippen LogP contribution in [-0.2, 0) is 24.4 Å². The second kappa shape index (κ2) is 9.61. The number of esters is 1. The molecular formula is C20H22BrClN4O4. The van der Waals surface area contributed by atoms with Crippen molar-refractivity contribution < 1.29 is 9.53 Å². The monoisotopic (exact) mass is 496 g/mol. The molecule has 1 N–H and O–H groups in total. The third-order valence-electron chi connectivity index (χ3n) is 4.63. The van der Waals surface area contributed by atoms with E-state index < -0.39 is 17.2 Å². The fraction of sp³-hybridized carbons (Fsp3) is 0.400. The maximum Gasteiger partial charge on any atom is 0.340 e. The van der Waals surface area contributed by atoms with E-state index in [-0.39, 0.29) is 17.2 Å². The molecule has 0 aliphatic rings. The average Bonchev–Trinajstić information content (AvgIpc) is 3.07. The molecule has 0 aliphatic carbocycles. The normalized spacial score (nSPS) is 11.2. The van der Waals surface area contributed by atoms with Crippen LogP contribution in [-0.4, -0.2) is 25.1 Å². The smallest absolute Gasteiger partial charge is 0.340 e. The lowest BCUT2D eigenvalue weighted by Crippen LogP contribution is -2.31. The Labute approximate surface area is 186 Å². The van der Waals surface area contributed by atoms with Crippen molar-refractivity contribution in [2.75, 3.05) is 0 Å². The Kier molecular flexibility index (Phi) is 7.14. The summed E-state index contributed by atoms with van der Waals surface area (Å²) in [5.74, 6) is -0.207. The molecule has 3 rings (SSSR count). The van der Waals surface area contributed by atoms with Crippen molar-refractivity contribution in [1.29, 1.82) is 0 Å². The number of imidazole rings is 1. The standard InChI is InChI=1S/C20H22BrClN4O4/c1-3-5-9-26-17-16(18(27)24-20(26)29)25(8-4-2)15(23-17)11-30-19(28)13-10-12(21)6-7-14(13)22/h6-7,10H,3-5,8-9,11H2,1-2H3,(H,24,27,29). The first-order valence-corrected chi connectivity index (χ1v) is 10.9. The van der Waals surface area contributed by atoms with Gasteiger partial charge < -0.3 is 9.30 Å². The van der Waals surface area contributed by atoms with Crippen molar-refractivity contribution >= 4 is 44.7 Å². The Bertz CT molecular complexity index is 1200. The molecule has 2 aromatic heterocycles. The highest BCUT2D eigenvalue weighted by Crippen LogP contribution is 2.22. The lowest BCUT2D eigenvalue weighted by Gasteiger charge is -2.09. The number of aromatic nitrogens is 4. The Balaban J connectivity index is 2.00. The van der Waals surface area contributed by atoms with E-state index in [1.807, 2.05) is 13.8 Å². The molecule has 8 nitrogen and oxygen atoms in total. The van der Waals surface area contributed by atoms with Crippen molar-refractivity contribution in [3.63, 3.8) is 0 Å². The maximum atomic E-state index is 12.5. The predicted molar refractivity (Wildman–Crippen MR) is 118 cm³/mol.